The molecule has 2 aliphatic carbocycles. The SMILES string of the molecule is CCCC1(c2cc(O)ccc2C)Cc2[nH]c(=O)c(C(=O)NC(CC)C(N)=O)cc2CC1(O)C(C)NCC1CC1. The Morgan fingerprint density at radius 2 is 1.92 bits per heavy atom. The van der Waals surface area contributed by atoms with E-state index in [0.29, 0.717) is 36.4 Å². The number of benzene rings is 1. The quantitative estimate of drug-likeness (QED) is 0.258. The molecule has 1 heterocycles. The topological polar surface area (TPSA) is 158 Å². The molecule has 0 bridgehead atoms. The molecule has 0 aliphatic heterocycles. The molecule has 39 heavy (non-hydrogen) atoms. The van der Waals surface area contributed by atoms with Crippen LogP contribution in [0.1, 0.15) is 85.6 Å². The molecule has 0 spiro atoms. The Hall–Kier alpha value is -3.17. The van der Waals surface area contributed by atoms with Gasteiger partial charge in [-0.05, 0) is 86.9 Å². The number of carbonyl (C=O) groups is 2. The van der Waals surface area contributed by atoms with Crippen molar-refractivity contribution in [1.82, 2.24) is 15.6 Å². The Morgan fingerprint density at radius 1 is 1.21 bits per heavy atom. The fraction of sp³-hybridized carbons (Fsp3) is 0.567. The van der Waals surface area contributed by atoms with E-state index in [1.165, 1.54) is 12.8 Å². The number of aromatic amines is 1. The first-order valence-corrected chi connectivity index (χ1v) is 14.1. The van der Waals surface area contributed by atoms with Crippen molar-refractivity contribution in [3.05, 3.63) is 62.6 Å². The van der Waals surface area contributed by atoms with Crippen molar-refractivity contribution in [1.29, 1.82) is 0 Å². The number of aryl methyl sites for hydroxylation is 1. The number of aromatic hydroxyl groups is 1. The zero-order chi connectivity index (χ0) is 28.5. The number of amides is 2. The Morgan fingerprint density at radius 3 is 2.54 bits per heavy atom. The summed E-state index contributed by atoms with van der Waals surface area (Å²) in [6.45, 7) is 8.57. The van der Waals surface area contributed by atoms with Gasteiger partial charge < -0.3 is 31.6 Å². The average Bonchev–Trinajstić information content (AvgIpc) is 3.72. The molecule has 1 saturated carbocycles. The third-order valence-electron chi connectivity index (χ3n) is 8.82. The molecule has 2 aromatic rings. The first-order chi connectivity index (χ1) is 18.5. The van der Waals surface area contributed by atoms with Gasteiger partial charge in [-0.25, -0.2) is 0 Å². The van der Waals surface area contributed by atoms with Crippen LogP contribution in [0.3, 0.4) is 0 Å². The molecule has 1 fully saturated rings. The van der Waals surface area contributed by atoms with Crippen molar-refractivity contribution in [3.8, 4) is 5.75 Å². The summed E-state index contributed by atoms with van der Waals surface area (Å²) in [6, 6.07) is 5.58. The molecule has 4 atom stereocenters. The second-order valence-corrected chi connectivity index (χ2v) is 11.5. The third kappa shape index (κ3) is 5.47. The van der Waals surface area contributed by atoms with E-state index < -0.39 is 34.4 Å². The largest absolute Gasteiger partial charge is 0.508 e. The van der Waals surface area contributed by atoms with E-state index >= 15 is 0 Å². The van der Waals surface area contributed by atoms with Crippen molar-refractivity contribution >= 4 is 11.8 Å². The lowest BCUT2D eigenvalue weighted by molar-refractivity contribution is -0.119. The average molecular weight is 539 g/mol. The number of aromatic nitrogens is 1. The Labute approximate surface area is 229 Å². The van der Waals surface area contributed by atoms with Crippen LogP contribution < -0.4 is 21.9 Å². The molecule has 4 rings (SSSR count). The molecule has 7 N–H and O–H groups in total. The summed E-state index contributed by atoms with van der Waals surface area (Å²) in [5.41, 5.74) is 5.75. The number of pyridine rings is 1. The summed E-state index contributed by atoms with van der Waals surface area (Å²) < 4.78 is 0. The summed E-state index contributed by atoms with van der Waals surface area (Å²) in [5.74, 6) is -0.616. The van der Waals surface area contributed by atoms with Crippen LogP contribution >= 0.6 is 0 Å². The summed E-state index contributed by atoms with van der Waals surface area (Å²) in [5, 5.41) is 29.4. The Kier molecular flexibility index (Phi) is 8.23. The summed E-state index contributed by atoms with van der Waals surface area (Å²) in [6.07, 6.45) is 4.59. The van der Waals surface area contributed by atoms with Gasteiger partial charge in [-0.15, -0.1) is 0 Å². The van der Waals surface area contributed by atoms with Gasteiger partial charge in [-0.1, -0.05) is 26.3 Å². The van der Waals surface area contributed by atoms with Crippen molar-refractivity contribution < 1.29 is 19.8 Å². The van der Waals surface area contributed by atoms with Crippen molar-refractivity contribution in [2.24, 2.45) is 11.7 Å². The Balaban J connectivity index is 1.84. The summed E-state index contributed by atoms with van der Waals surface area (Å²) in [7, 11) is 0. The van der Waals surface area contributed by atoms with Gasteiger partial charge in [0.25, 0.3) is 11.5 Å². The predicted molar refractivity (Wildman–Crippen MR) is 150 cm³/mol. The van der Waals surface area contributed by atoms with Crippen LogP contribution in [0.15, 0.2) is 29.1 Å². The number of primary amides is 1. The molecule has 2 aliphatic rings. The van der Waals surface area contributed by atoms with Crippen molar-refractivity contribution in [3.63, 3.8) is 0 Å². The minimum atomic E-state index is -1.30. The number of hydrogen-bond acceptors (Lipinski definition) is 6. The number of aliphatic hydroxyl groups is 1. The molecule has 212 valence electrons. The van der Waals surface area contributed by atoms with Gasteiger partial charge in [0.2, 0.25) is 5.91 Å². The minimum absolute atomic E-state index is 0.120. The lowest BCUT2D eigenvalue weighted by atomic mass is 9.54. The van der Waals surface area contributed by atoms with Crippen molar-refractivity contribution in [2.45, 2.75) is 95.7 Å². The first-order valence-electron chi connectivity index (χ1n) is 14.1. The molecule has 9 nitrogen and oxygen atoms in total. The fourth-order valence-electron chi connectivity index (χ4n) is 6.34. The second-order valence-electron chi connectivity index (χ2n) is 11.5. The van der Waals surface area contributed by atoms with Gasteiger partial charge in [-0.2, -0.15) is 0 Å². The third-order valence-corrected chi connectivity index (χ3v) is 8.82. The van der Waals surface area contributed by atoms with Crippen LogP contribution in [0.25, 0.3) is 0 Å². The molecule has 1 aromatic heterocycles. The number of carbonyl (C=O) groups excluding carboxylic acids is 2. The number of rotatable bonds is 11. The first kappa shape index (κ1) is 28.8. The van der Waals surface area contributed by atoms with E-state index in [4.69, 9.17) is 5.73 Å². The maximum absolute atomic E-state index is 13.1. The number of nitrogens with one attached hydrogen (secondary N) is 3. The van der Waals surface area contributed by atoms with E-state index in [1.54, 1.807) is 25.1 Å². The molecule has 0 saturated heterocycles. The van der Waals surface area contributed by atoms with Crippen LogP contribution in [0, 0.1) is 12.8 Å². The number of H-pyrrole nitrogens is 1. The van der Waals surface area contributed by atoms with E-state index in [2.05, 4.69) is 22.5 Å². The molecular formula is C30H42N4O5. The van der Waals surface area contributed by atoms with Crippen LogP contribution in [0.5, 0.6) is 5.75 Å². The van der Waals surface area contributed by atoms with Gasteiger partial charge >= 0.3 is 0 Å². The Bertz CT molecular complexity index is 1300. The highest BCUT2D eigenvalue weighted by molar-refractivity contribution is 5.97. The summed E-state index contributed by atoms with van der Waals surface area (Å²) in [4.78, 5) is 40.7. The van der Waals surface area contributed by atoms with Crippen LogP contribution in [0.2, 0.25) is 0 Å². The zero-order valence-corrected chi connectivity index (χ0v) is 23.4. The molecular weight excluding hydrogens is 496 g/mol. The zero-order valence-electron chi connectivity index (χ0n) is 23.4. The molecule has 9 heteroatoms. The molecule has 1 aromatic carbocycles. The van der Waals surface area contributed by atoms with Crippen molar-refractivity contribution in [2.75, 3.05) is 6.54 Å². The number of phenols is 1. The normalized spacial score (nSPS) is 24.0. The maximum Gasteiger partial charge on any atom is 0.261 e. The lowest BCUT2D eigenvalue weighted by Crippen LogP contribution is -2.66. The highest BCUT2D eigenvalue weighted by atomic mass is 16.3. The van der Waals surface area contributed by atoms with E-state index in [0.717, 1.165) is 24.1 Å². The number of fused-ring (bicyclic) bond motifs is 1. The van der Waals surface area contributed by atoms with Gasteiger partial charge in [0.15, 0.2) is 0 Å². The molecule has 2 amide bonds. The second kappa shape index (κ2) is 11.1. The maximum atomic E-state index is 13.1. The number of phenolic OH excluding ortho intramolecular Hbond substituents is 1. The highest BCUT2D eigenvalue weighted by Gasteiger charge is 2.57. The van der Waals surface area contributed by atoms with E-state index in [1.807, 2.05) is 19.9 Å². The molecule has 0 radical (unpaired) electrons. The van der Waals surface area contributed by atoms with Gasteiger partial charge in [0.1, 0.15) is 17.4 Å². The van der Waals surface area contributed by atoms with Gasteiger partial charge in [-0.3, -0.25) is 14.4 Å². The monoisotopic (exact) mass is 538 g/mol. The predicted octanol–water partition coefficient (Wildman–Crippen LogP) is 2.34. The molecule has 4 unspecified atom stereocenters. The van der Waals surface area contributed by atoms with Crippen LogP contribution in [0.4, 0.5) is 0 Å². The van der Waals surface area contributed by atoms with E-state index in [-0.39, 0.29) is 23.8 Å². The number of nitrogens with two attached hydrogens (primary N) is 1. The lowest BCUT2D eigenvalue weighted by Gasteiger charge is -2.55. The highest BCUT2D eigenvalue weighted by Crippen LogP contribution is 2.51. The van der Waals surface area contributed by atoms with E-state index in [9.17, 15) is 24.6 Å². The fourth-order valence-corrected chi connectivity index (χ4v) is 6.34. The smallest absolute Gasteiger partial charge is 0.261 e. The van der Waals surface area contributed by atoms with Gasteiger partial charge in [0.05, 0.1) is 5.60 Å². The standard InChI is InChI=1S/C30H42N4O5/c1-5-11-29(23-13-21(35)10-7-17(23)3)15-25-20(14-30(29,39)18(4)32-16-19-8-9-19)12-22(28(38)34-25)27(37)33-24(6-2)26(31)36/h7,10,12-13,18-19,24,32,35,39H,5-6,8-9,11,14-16H2,1-4H3,(H2,31,36)(H,33,37)(H,34,38). The minimum Gasteiger partial charge on any atom is -0.508 e. The van der Waals surface area contributed by atoms with Crippen LogP contribution in [-0.4, -0.2) is 51.2 Å². The van der Waals surface area contributed by atoms with Crippen LogP contribution in [-0.2, 0) is 23.1 Å². The van der Waals surface area contributed by atoms with Gasteiger partial charge in [0, 0.05) is 30.0 Å². The number of hydrogen-bond donors (Lipinski definition) is 6. The summed E-state index contributed by atoms with van der Waals surface area (Å²) >= 11 is 0.